The van der Waals surface area contributed by atoms with Gasteiger partial charge in [0.15, 0.2) is 0 Å². The molecular weight excluding hydrogens is 652 g/mol. The molecule has 3 aliphatic rings. The van der Waals surface area contributed by atoms with Gasteiger partial charge in [-0.2, -0.15) is 0 Å². The fourth-order valence-corrected chi connectivity index (χ4v) is 9.52. The van der Waals surface area contributed by atoms with Crippen molar-refractivity contribution in [2.24, 2.45) is 23.7 Å². The minimum atomic E-state index is -4.96. The summed E-state index contributed by atoms with van der Waals surface area (Å²) in [5.74, 6) is -1.94. The summed E-state index contributed by atoms with van der Waals surface area (Å²) in [6.45, 7) is 8.04. The summed E-state index contributed by atoms with van der Waals surface area (Å²) >= 11 is 1.19. The van der Waals surface area contributed by atoms with E-state index in [-0.39, 0.29) is 41.8 Å². The molecule has 2 unspecified atom stereocenters. The van der Waals surface area contributed by atoms with Gasteiger partial charge in [0.25, 0.3) is 5.91 Å². The number of halogens is 1. The average Bonchev–Trinajstić information content (AvgIpc) is 3.78. The number of hydrogen-bond donors (Lipinski definition) is 3. The van der Waals surface area contributed by atoms with Gasteiger partial charge in [0.2, 0.25) is 17.7 Å². The molecule has 0 spiro atoms. The molecule has 3 aliphatic heterocycles. The predicted molar refractivity (Wildman–Crippen MR) is 184 cm³/mol. The van der Waals surface area contributed by atoms with Crippen molar-refractivity contribution in [3.63, 3.8) is 0 Å². The Labute approximate surface area is 285 Å². The predicted octanol–water partition coefficient (Wildman–Crippen LogP) is 6.47. The van der Waals surface area contributed by atoms with Crippen LogP contribution in [0.2, 0.25) is 0 Å². The van der Waals surface area contributed by atoms with Crippen molar-refractivity contribution in [1.82, 2.24) is 15.1 Å². The van der Waals surface area contributed by atoms with Crippen molar-refractivity contribution < 1.29 is 33.1 Å². The Kier molecular flexibility index (Phi) is 10.1. The molecule has 3 fully saturated rings. The molecular formula is C36H45FN3O6PS. The van der Waals surface area contributed by atoms with E-state index in [0.717, 1.165) is 19.3 Å². The first-order valence-corrected chi connectivity index (χ1v) is 19.5. The van der Waals surface area contributed by atoms with E-state index in [4.69, 9.17) is 0 Å². The minimum absolute atomic E-state index is 0.00781. The number of nitrogens with zero attached hydrogens (tertiary/aromatic N) is 2. The Balaban J connectivity index is 1.17. The Bertz CT molecular complexity index is 1710. The molecule has 6 rings (SSSR count). The van der Waals surface area contributed by atoms with Crippen LogP contribution in [0.25, 0.3) is 10.1 Å². The standard InChI is InChI=1S/C36H45FN3O6PS/c1-21(2)24-9-10-26(18-38-34(41)32-17-27-15-25(11-14-31(27)48-32)33(37)47(44,45)46)35(42)40-28(16-24)12-13-30(40)36(43)39-19-22(3)29(20-39)23-7-5-4-6-8-23/h4-8,11,14-15,17,21-22,24,26,28-30,33H,9-10,12-13,16,18-20H2,1-3H3,(H,38,41)(H2,44,45,46)/t22-,24+,26?,28+,29-,30-,33?/m0/s1. The van der Waals surface area contributed by atoms with Gasteiger partial charge in [-0.05, 0) is 84.6 Å². The molecule has 2 aromatic carbocycles. The van der Waals surface area contributed by atoms with E-state index in [2.05, 4.69) is 38.2 Å². The molecule has 3 aromatic rings. The fraction of sp³-hybridized carbons (Fsp3) is 0.528. The summed E-state index contributed by atoms with van der Waals surface area (Å²) in [4.78, 5) is 64.5. The van der Waals surface area contributed by atoms with Gasteiger partial charge in [-0.3, -0.25) is 18.9 Å². The van der Waals surface area contributed by atoms with Crippen molar-refractivity contribution in [3.8, 4) is 0 Å². The molecule has 0 aliphatic carbocycles. The summed E-state index contributed by atoms with van der Waals surface area (Å²) in [7, 11) is -4.96. The number of benzene rings is 2. The highest BCUT2D eigenvalue weighted by Crippen LogP contribution is 2.53. The molecule has 0 radical (unpaired) electrons. The highest BCUT2D eigenvalue weighted by Gasteiger charge is 2.47. The first-order chi connectivity index (χ1) is 22.8. The van der Waals surface area contributed by atoms with Crippen molar-refractivity contribution in [2.45, 2.75) is 76.8 Å². The number of hydrogen-bond acceptors (Lipinski definition) is 5. The summed E-state index contributed by atoms with van der Waals surface area (Å²) in [6, 6.07) is 15.6. The van der Waals surface area contributed by atoms with Gasteiger partial charge in [0.05, 0.1) is 10.8 Å². The maximum atomic E-state index is 14.3. The average molecular weight is 698 g/mol. The number of likely N-dealkylation sites (tertiary alicyclic amines) is 1. The van der Waals surface area contributed by atoms with Crippen LogP contribution in [0.5, 0.6) is 0 Å². The monoisotopic (exact) mass is 697 g/mol. The zero-order chi connectivity index (χ0) is 34.3. The molecule has 48 heavy (non-hydrogen) atoms. The van der Waals surface area contributed by atoms with Crippen LogP contribution >= 0.6 is 18.9 Å². The molecule has 3 saturated heterocycles. The summed E-state index contributed by atoms with van der Waals surface area (Å²) < 4.78 is 26.4. The van der Waals surface area contributed by atoms with Crippen LogP contribution in [-0.2, 0) is 14.2 Å². The maximum Gasteiger partial charge on any atom is 0.363 e. The Hall–Kier alpha value is -3.11. The first kappa shape index (κ1) is 34.7. The molecule has 258 valence electrons. The number of amides is 3. The molecule has 3 amide bonds. The third kappa shape index (κ3) is 7.11. The Morgan fingerprint density at radius 3 is 2.50 bits per heavy atom. The van der Waals surface area contributed by atoms with Gasteiger partial charge in [0.1, 0.15) is 6.04 Å². The molecule has 3 N–H and O–H groups in total. The molecule has 12 heteroatoms. The lowest BCUT2D eigenvalue weighted by atomic mass is 9.81. The van der Waals surface area contributed by atoms with Crippen LogP contribution in [0.15, 0.2) is 54.6 Å². The van der Waals surface area contributed by atoms with Gasteiger partial charge in [-0.15, -0.1) is 11.3 Å². The van der Waals surface area contributed by atoms with E-state index in [1.165, 1.54) is 29.0 Å². The summed E-state index contributed by atoms with van der Waals surface area (Å²) in [6.07, 6.45) is 3.79. The van der Waals surface area contributed by atoms with Gasteiger partial charge >= 0.3 is 7.60 Å². The van der Waals surface area contributed by atoms with Gasteiger partial charge in [-0.1, -0.05) is 57.2 Å². The third-order valence-electron chi connectivity index (χ3n) is 10.8. The van der Waals surface area contributed by atoms with Crippen LogP contribution in [0, 0.1) is 23.7 Å². The highest BCUT2D eigenvalue weighted by atomic mass is 32.1. The minimum Gasteiger partial charge on any atom is -0.351 e. The van der Waals surface area contributed by atoms with Crippen LogP contribution in [-0.4, -0.2) is 69.0 Å². The first-order valence-electron chi connectivity index (χ1n) is 17.0. The van der Waals surface area contributed by atoms with Gasteiger partial charge in [-0.25, -0.2) is 4.39 Å². The van der Waals surface area contributed by atoms with E-state index < -0.39 is 25.5 Å². The second-order valence-corrected chi connectivity index (χ2v) is 17.0. The number of carbonyl (C=O) groups excluding carboxylic acids is 3. The Morgan fingerprint density at radius 1 is 1.04 bits per heavy atom. The van der Waals surface area contributed by atoms with Crippen LogP contribution < -0.4 is 5.32 Å². The van der Waals surface area contributed by atoms with Crippen LogP contribution in [0.4, 0.5) is 4.39 Å². The number of thiophene rings is 1. The van der Waals surface area contributed by atoms with Gasteiger partial charge in [0, 0.05) is 36.3 Å². The Morgan fingerprint density at radius 2 is 1.79 bits per heavy atom. The molecule has 4 heterocycles. The molecule has 7 atom stereocenters. The second-order valence-electron chi connectivity index (χ2n) is 14.3. The normalized spacial score (nSPS) is 27.2. The fourth-order valence-electron chi connectivity index (χ4n) is 8.01. The molecule has 0 bridgehead atoms. The summed E-state index contributed by atoms with van der Waals surface area (Å²) in [5.41, 5.74) is 1.08. The zero-order valence-electron chi connectivity index (χ0n) is 27.6. The van der Waals surface area contributed by atoms with E-state index in [0.29, 0.717) is 58.6 Å². The second kappa shape index (κ2) is 14.0. The smallest absolute Gasteiger partial charge is 0.351 e. The quantitative estimate of drug-likeness (QED) is 0.232. The lowest BCUT2D eigenvalue weighted by molar-refractivity contribution is -0.148. The number of fused-ring (bicyclic) bond motifs is 2. The van der Waals surface area contributed by atoms with Crippen LogP contribution in [0.1, 0.15) is 85.5 Å². The van der Waals surface area contributed by atoms with Crippen molar-refractivity contribution in [2.75, 3.05) is 19.6 Å². The largest absolute Gasteiger partial charge is 0.363 e. The van der Waals surface area contributed by atoms with E-state index >= 15 is 0 Å². The van der Waals surface area contributed by atoms with Crippen molar-refractivity contribution in [3.05, 3.63) is 70.6 Å². The number of rotatable bonds is 8. The van der Waals surface area contributed by atoms with Crippen molar-refractivity contribution >= 4 is 46.7 Å². The summed E-state index contributed by atoms with van der Waals surface area (Å²) in [5, 5.41) is 3.46. The highest BCUT2D eigenvalue weighted by molar-refractivity contribution is 7.51. The molecule has 1 aromatic heterocycles. The van der Waals surface area contributed by atoms with Gasteiger partial charge < -0.3 is 24.9 Å². The zero-order valence-corrected chi connectivity index (χ0v) is 29.3. The molecule has 9 nitrogen and oxygen atoms in total. The maximum absolute atomic E-state index is 14.3. The number of alkyl halides is 1. The van der Waals surface area contributed by atoms with Crippen LogP contribution in [0.3, 0.4) is 0 Å². The lowest BCUT2D eigenvalue weighted by Gasteiger charge is -2.39. The van der Waals surface area contributed by atoms with E-state index in [1.807, 2.05) is 28.0 Å². The SMILES string of the molecule is CC(C)[C@@H]1CCC(CNC(=O)c2cc3cc(C(F)P(=O)(O)O)ccc3s2)C(=O)N2[C@H](CC[C@H]2C(=O)N2C[C@H](c3ccccc3)[C@@H](C)C2)C1. The molecule has 0 saturated carbocycles. The third-order valence-corrected chi connectivity index (χ3v) is 12.8. The van der Waals surface area contributed by atoms with E-state index in [9.17, 15) is 33.1 Å². The number of nitrogens with one attached hydrogen (secondary N) is 1. The lowest BCUT2D eigenvalue weighted by Crippen LogP contribution is -2.54. The van der Waals surface area contributed by atoms with Crippen molar-refractivity contribution in [1.29, 1.82) is 0 Å². The van der Waals surface area contributed by atoms with E-state index in [1.54, 1.807) is 12.1 Å². The topological polar surface area (TPSA) is 127 Å². The number of carbonyl (C=O) groups is 3.